The van der Waals surface area contributed by atoms with Crippen molar-refractivity contribution in [1.29, 1.82) is 0 Å². The fraction of sp³-hybridized carbons (Fsp3) is 0.500. The Bertz CT molecular complexity index is 658. The monoisotopic (exact) mass is 355 g/mol. The van der Waals surface area contributed by atoms with Crippen molar-refractivity contribution in [2.24, 2.45) is 4.99 Å². The maximum absolute atomic E-state index is 5.34. The average molecular weight is 355 g/mol. The van der Waals surface area contributed by atoms with Gasteiger partial charge in [0.15, 0.2) is 5.96 Å². The summed E-state index contributed by atoms with van der Waals surface area (Å²) in [5.74, 6) is 2.75. The van der Waals surface area contributed by atoms with Crippen molar-refractivity contribution < 1.29 is 4.42 Å². The van der Waals surface area contributed by atoms with Crippen LogP contribution in [0, 0.1) is 0 Å². The summed E-state index contributed by atoms with van der Waals surface area (Å²) in [4.78, 5) is 11.7. The van der Waals surface area contributed by atoms with E-state index < -0.39 is 0 Å². The Morgan fingerprint density at radius 2 is 2.00 bits per heavy atom. The summed E-state index contributed by atoms with van der Waals surface area (Å²) in [5, 5.41) is 6.53. The third kappa shape index (κ3) is 5.51. The van der Waals surface area contributed by atoms with Crippen molar-refractivity contribution in [2.45, 2.75) is 45.7 Å². The molecule has 2 N–H and O–H groups in total. The number of hydrogen-bond donors (Lipinski definition) is 2. The average Bonchev–Trinajstić information content (AvgIpc) is 3.05. The van der Waals surface area contributed by atoms with E-state index in [0.717, 1.165) is 42.7 Å². The molecule has 2 aromatic heterocycles. The molecule has 0 bridgehead atoms. The van der Waals surface area contributed by atoms with Crippen LogP contribution < -0.4 is 15.5 Å². The molecule has 1 aliphatic heterocycles. The van der Waals surface area contributed by atoms with Crippen LogP contribution in [0.4, 0.5) is 5.82 Å². The fourth-order valence-corrected chi connectivity index (χ4v) is 3.09. The molecule has 1 fully saturated rings. The van der Waals surface area contributed by atoms with E-state index in [1.165, 1.54) is 25.7 Å². The predicted molar refractivity (Wildman–Crippen MR) is 105 cm³/mol. The van der Waals surface area contributed by atoms with Gasteiger partial charge in [0.05, 0.1) is 19.4 Å². The fourth-order valence-electron chi connectivity index (χ4n) is 3.09. The molecule has 1 aliphatic rings. The molecule has 6 heteroatoms. The van der Waals surface area contributed by atoms with E-state index in [2.05, 4.69) is 44.6 Å². The first-order chi connectivity index (χ1) is 12.8. The molecular weight excluding hydrogens is 326 g/mol. The van der Waals surface area contributed by atoms with Gasteiger partial charge in [-0.25, -0.2) is 9.98 Å². The molecule has 3 heterocycles. The summed E-state index contributed by atoms with van der Waals surface area (Å²) < 4.78 is 5.34. The first-order valence-corrected chi connectivity index (χ1v) is 9.59. The SMILES string of the molecule is CCNC(=NCc1ccc(N2CCCCCC2)nc1)NCc1ccco1. The van der Waals surface area contributed by atoms with E-state index >= 15 is 0 Å². The molecule has 6 nitrogen and oxygen atoms in total. The van der Waals surface area contributed by atoms with Crippen molar-refractivity contribution >= 4 is 11.8 Å². The number of pyridine rings is 1. The molecule has 1 saturated heterocycles. The van der Waals surface area contributed by atoms with Crippen LogP contribution >= 0.6 is 0 Å². The third-order valence-electron chi connectivity index (χ3n) is 4.51. The number of hydrogen-bond acceptors (Lipinski definition) is 4. The number of nitrogens with one attached hydrogen (secondary N) is 2. The van der Waals surface area contributed by atoms with Crippen LogP contribution in [-0.2, 0) is 13.1 Å². The quantitative estimate of drug-likeness (QED) is 0.615. The Hall–Kier alpha value is -2.50. The first kappa shape index (κ1) is 18.3. The number of rotatable bonds is 6. The topological polar surface area (TPSA) is 65.7 Å². The lowest BCUT2D eigenvalue weighted by molar-refractivity contribution is 0.501. The highest BCUT2D eigenvalue weighted by atomic mass is 16.3. The van der Waals surface area contributed by atoms with Crippen molar-refractivity contribution in [2.75, 3.05) is 24.5 Å². The predicted octanol–water partition coefficient (Wildman–Crippen LogP) is 3.31. The minimum absolute atomic E-state index is 0.598. The molecule has 0 unspecified atom stereocenters. The number of anilines is 1. The van der Waals surface area contributed by atoms with Gasteiger partial charge in [-0.05, 0) is 43.5 Å². The molecular formula is C20H29N5O. The number of furan rings is 1. The normalized spacial score (nSPS) is 15.6. The Kier molecular flexibility index (Phi) is 6.93. The number of nitrogens with zero attached hydrogens (tertiary/aromatic N) is 3. The summed E-state index contributed by atoms with van der Waals surface area (Å²) in [6, 6.07) is 8.09. The van der Waals surface area contributed by atoms with Crippen LogP contribution in [-0.4, -0.2) is 30.6 Å². The maximum atomic E-state index is 5.34. The van der Waals surface area contributed by atoms with E-state index in [4.69, 9.17) is 4.42 Å². The molecule has 3 rings (SSSR count). The largest absolute Gasteiger partial charge is 0.467 e. The smallest absolute Gasteiger partial charge is 0.191 e. The standard InChI is InChI=1S/C20H29N5O/c1-2-21-20(24-16-18-8-7-13-26-18)23-15-17-9-10-19(22-14-17)25-11-5-3-4-6-12-25/h7-10,13-14H,2-6,11-12,15-16H2,1H3,(H2,21,23,24). The van der Waals surface area contributed by atoms with Gasteiger partial charge >= 0.3 is 0 Å². The van der Waals surface area contributed by atoms with Crippen molar-refractivity contribution in [1.82, 2.24) is 15.6 Å². The van der Waals surface area contributed by atoms with Crippen LogP contribution in [0.5, 0.6) is 0 Å². The van der Waals surface area contributed by atoms with Crippen LogP contribution in [0.25, 0.3) is 0 Å². The lowest BCUT2D eigenvalue weighted by atomic mass is 10.2. The van der Waals surface area contributed by atoms with Gasteiger partial charge in [-0.15, -0.1) is 0 Å². The molecule has 0 amide bonds. The van der Waals surface area contributed by atoms with Crippen LogP contribution in [0.3, 0.4) is 0 Å². The van der Waals surface area contributed by atoms with Gasteiger partial charge in [0, 0.05) is 25.8 Å². The summed E-state index contributed by atoms with van der Waals surface area (Å²) >= 11 is 0. The zero-order valence-corrected chi connectivity index (χ0v) is 15.6. The first-order valence-electron chi connectivity index (χ1n) is 9.59. The molecule has 0 atom stereocenters. The van der Waals surface area contributed by atoms with E-state index in [-0.39, 0.29) is 0 Å². The Morgan fingerprint density at radius 1 is 1.15 bits per heavy atom. The van der Waals surface area contributed by atoms with Gasteiger partial charge < -0.3 is 20.0 Å². The maximum Gasteiger partial charge on any atom is 0.191 e. The molecule has 0 aromatic carbocycles. The second-order valence-electron chi connectivity index (χ2n) is 6.55. The van der Waals surface area contributed by atoms with Crippen LogP contribution in [0.2, 0.25) is 0 Å². The summed E-state index contributed by atoms with van der Waals surface area (Å²) in [6.45, 7) is 6.32. The third-order valence-corrected chi connectivity index (χ3v) is 4.51. The Labute approximate surface area is 155 Å². The Morgan fingerprint density at radius 3 is 2.65 bits per heavy atom. The van der Waals surface area contributed by atoms with Crippen molar-refractivity contribution in [3.8, 4) is 0 Å². The van der Waals surface area contributed by atoms with Gasteiger partial charge in [-0.3, -0.25) is 0 Å². The highest BCUT2D eigenvalue weighted by molar-refractivity contribution is 5.79. The van der Waals surface area contributed by atoms with Gasteiger partial charge in [0.2, 0.25) is 0 Å². The van der Waals surface area contributed by atoms with Gasteiger partial charge in [0.25, 0.3) is 0 Å². The molecule has 0 saturated carbocycles. The number of guanidine groups is 1. The highest BCUT2D eigenvalue weighted by Crippen LogP contribution is 2.17. The second-order valence-corrected chi connectivity index (χ2v) is 6.55. The molecule has 140 valence electrons. The van der Waals surface area contributed by atoms with Gasteiger partial charge in [0.1, 0.15) is 11.6 Å². The lowest BCUT2D eigenvalue weighted by Gasteiger charge is -2.21. The molecule has 0 spiro atoms. The summed E-state index contributed by atoms with van der Waals surface area (Å²) in [7, 11) is 0. The zero-order valence-electron chi connectivity index (χ0n) is 15.6. The van der Waals surface area contributed by atoms with Crippen LogP contribution in [0.15, 0.2) is 46.1 Å². The van der Waals surface area contributed by atoms with E-state index in [0.29, 0.717) is 13.1 Å². The van der Waals surface area contributed by atoms with Gasteiger partial charge in [-0.2, -0.15) is 0 Å². The minimum Gasteiger partial charge on any atom is -0.467 e. The van der Waals surface area contributed by atoms with Gasteiger partial charge in [-0.1, -0.05) is 18.9 Å². The van der Waals surface area contributed by atoms with E-state index in [9.17, 15) is 0 Å². The summed E-state index contributed by atoms with van der Waals surface area (Å²) in [5.41, 5.74) is 1.11. The zero-order chi connectivity index (χ0) is 18.0. The van der Waals surface area contributed by atoms with E-state index in [1.54, 1.807) is 6.26 Å². The highest BCUT2D eigenvalue weighted by Gasteiger charge is 2.10. The van der Waals surface area contributed by atoms with Crippen LogP contribution in [0.1, 0.15) is 43.9 Å². The molecule has 26 heavy (non-hydrogen) atoms. The van der Waals surface area contributed by atoms with Crippen molar-refractivity contribution in [3.63, 3.8) is 0 Å². The Balaban J connectivity index is 1.56. The second kappa shape index (κ2) is 9.85. The number of aliphatic imine (C=N–C) groups is 1. The minimum atomic E-state index is 0.598. The molecule has 2 aromatic rings. The molecule has 0 aliphatic carbocycles. The number of aromatic nitrogens is 1. The molecule has 0 radical (unpaired) electrons. The van der Waals surface area contributed by atoms with Crippen molar-refractivity contribution in [3.05, 3.63) is 48.0 Å². The summed E-state index contributed by atoms with van der Waals surface area (Å²) in [6.07, 6.45) is 8.82. The van der Waals surface area contributed by atoms with E-state index in [1.807, 2.05) is 18.3 Å². The lowest BCUT2D eigenvalue weighted by Crippen LogP contribution is -2.36.